The molecule has 1 atom stereocenters. The fraction of sp³-hybridized carbons (Fsp3) is 0.529. The van der Waals surface area contributed by atoms with Gasteiger partial charge in [-0.3, -0.25) is 9.59 Å². The Hall–Kier alpha value is -1.88. The van der Waals surface area contributed by atoms with Gasteiger partial charge in [0.2, 0.25) is 5.91 Å². The lowest BCUT2D eigenvalue weighted by molar-refractivity contribution is -0.119. The molecule has 22 heavy (non-hydrogen) atoms. The Labute approximate surface area is 131 Å². The molecule has 1 aliphatic heterocycles. The molecular formula is C17H24N2O3. The molecule has 0 bridgehead atoms. The molecule has 0 saturated carbocycles. The zero-order valence-corrected chi connectivity index (χ0v) is 13.0. The third-order valence-corrected chi connectivity index (χ3v) is 4.08. The molecular weight excluding hydrogens is 280 g/mol. The minimum Gasteiger partial charge on any atom is -0.396 e. The highest BCUT2D eigenvalue weighted by molar-refractivity contribution is 5.94. The van der Waals surface area contributed by atoms with Crippen LogP contribution in [-0.2, 0) is 11.3 Å². The summed E-state index contributed by atoms with van der Waals surface area (Å²) < 4.78 is 0. The van der Waals surface area contributed by atoms with E-state index in [1.807, 2.05) is 29.2 Å². The summed E-state index contributed by atoms with van der Waals surface area (Å²) in [4.78, 5) is 25.4. The van der Waals surface area contributed by atoms with Crippen LogP contribution in [0.3, 0.4) is 0 Å². The first-order valence-corrected chi connectivity index (χ1v) is 7.87. The average molecular weight is 304 g/mol. The molecule has 0 radical (unpaired) electrons. The molecule has 0 spiro atoms. The van der Waals surface area contributed by atoms with Crippen LogP contribution in [0.5, 0.6) is 0 Å². The summed E-state index contributed by atoms with van der Waals surface area (Å²) in [6.45, 7) is 2.93. The lowest BCUT2D eigenvalue weighted by Crippen LogP contribution is -2.35. The van der Waals surface area contributed by atoms with E-state index in [2.05, 4.69) is 5.32 Å². The van der Waals surface area contributed by atoms with Gasteiger partial charge in [-0.25, -0.2) is 0 Å². The first kappa shape index (κ1) is 16.5. The maximum Gasteiger partial charge on any atom is 0.254 e. The summed E-state index contributed by atoms with van der Waals surface area (Å²) in [5.74, 6) is -0.00420. The van der Waals surface area contributed by atoms with Crippen molar-refractivity contribution < 1.29 is 14.7 Å². The standard InChI is InChI=1S/C17H24N2O3/c1-13(21)18-12-14-6-8-15(9-7-14)17(22)19-10-2-4-16(19)5-3-11-20/h6-9,16,20H,2-5,10-12H2,1H3,(H,18,21). The summed E-state index contributed by atoms with van der Waals surface area (Å²) in [5.41, 5.74) is 1.66. The maximum atomic E-state index is 12.6. The van der Waals surface area contributed by atoms with Crippen LogP contribution in [0.4, 0.5) is 0 Å². The predicted octanol–water partition coefficient (Wildman–Crippen LogP) is 1.70. The Morgan fingerprint density at radius 2 is 2.05 bits per heavy atom. The molecule has 2 N–H and O–H groups in total. The largest absolute Gasteiger partial charge is 0.396 e. The van der Waals surface area contributed by atoms with Crippen LogP contribution in [0, 0.1) is 0 Å². The van der Waals surface area contributed by atoms with Gasteiger partial charge in [0.25, 0.3) is 5.91 Å². The molecule has 1 unspecified atom stereocenters. The highest BCUT2D eigenvalue weighted by atomic mass is 16.3. The zero-order valence-electron chi connectivity index (χ0n) is 13.0. The van der Waals surface area contributed by atoms with E-state index in [1.54, 1.807) is 0 Å². The first-order chi connectivity index (χ1) is 10.6. The number of hydrogen-bond donors (Lipinski definition) is 2. The van der Waals surface area contributed by atoms with E-state index >= 15 is 0 Å². The Bertz CT molecular complexity index is 513. The minimum absolute atomic E-state index is 0.0616. The molecule has 0 aromatic heterocycles. The Morgan fingerprint density at radius 1 is 1.32 bits per heavy atom. The van der Waals surface area contributed by atoms with Gasteiger partial charge in [-0.05, 0) is 43.4 Å². The number of carbonyl (C=O) groups is 2. The molecule has 5 nitrogen and oxygen atoms in total. The number of nitrogens with one attached hydrogen (secondary N) is 1. The van der Waals surface area contributed by atoms with Crippen molar-refractivity contribution in [2.24, 2.45) is 0 Å². The monoisotopic (exact) mass is 304 g/mol. The maximum absolute atomic E-state index is 12.6. The SMILES string of the molecule is CC(=O)NCc1ccc(C(=O)N2CCCC2CCCO)cc1. The van der Waals surface area contributed by atoms with Crippen LogP contribution in [0.25, 0.3) is 0 Å². The van der Waals surface area contributed by atoms with Crippen molar-refractivity contribution in [1.82, 2.24) is 10.2 Å². The highest BCUT2D eigenvalue weighted by Gasteiger charge is 2.28. The molecule has 120 valence electrons. The van der Waals surface area contributed by atoms with Crippen LogP contribution >= 0.6 is 0 Å². The summed E-state index contributed by atoms with van der Waals surface area (Å²) in [7, 11) is 0. The number of hydrogen-bond acceptors (Lipinski definition) is 3. The van der Waals surface area contributed by atoms with Crippen molar-refractivity contribution in [1.29, 1.82) is 0 Å². The topological polar surface area (TPSA) is 69.6 Å². The van der Waals surface area contributed by atoms with Gasteiger partial charge in [-0.2, -0.15) is 0 Å². The van der Waals surface area contributed by atoms with Crippen LogP contribution < -0.4 is 5.32 Å². The number of rotatable bonds is 6. The van der Waals surface area contributed by atoms with Gasteiger partial charge in [0, 0.05) is 38.2 Å². The van der Waals surface area contributed by atoms with E-state index in [9.17, 15) is 9.59 Å². The number of benzene rings is 1. The van der Waals surface area contributed by atoms with E-state index < -0.39 is 0 Å². The van der Waals surface area contributed by atoms with Crippen LogP contribution in [0.1, 0.15) is 48.5 Å². The normalized spacial score (nSPS) is 17.5. The van der Waals surface area contributed by atoms with Crippen LogP contribution in [0.15, 0.2) is 24.3 Å². The first-order valence-electron chi connectivity index (χ1n) is 7.87. The van der Waals surface area contributed by atoms with Crippen molar-refractivity contribution >= 4 is 11.8 Å². The second-order valence-electron chi connectivity index (χ2n) is 5.77. The second-order valence-corrected chi connectivity index (χ2v) is 5.77. The molecule has 1 aliphatic rings. The van der Waals surface area contributed by atoms with Gasteiger partial charge in [0.15, 0.2) is 0 Å². The van der Waals surface area contributed by atoms with Gasteiger partial charge in [-0.15, -0.1) is 0 Å². The third-order valence-electron chi connectivity index (χ3n) is 4.08. The number of carbonyl (C=O) groups excluding carboxylic acids is 2. The van der Waals surface area contributed by atoms with Crippen LogP contribution in [0.2, 0.25) is 0 Å². The molecule has 1 fully saturated rings. The smallest absolute Gasteiger partial charge is 0.254 e. The molecule has 2 amide bonds. The molecule has 1 aromatic rings. The van der Waals surface area contributed by atoms with E-state index in [1.165, 1.54) is 6.92 Å². The van der Waals surface area contributed by atoms with E-state index in [0.29, 0.717) is 12.1 Å². The zero-order chi connectivity index (χ0) is 15.9. The summed E-state index contributed by atoms with van der Waals surface area (Å²) in [5, 5.41) is 11.7. The van der Waals surface area contributed by atoms with Gasteiger partial charge >= 0.3 is 0 Å². The highest BCUT2D eigenvalue weighted by Crippen LogP contribution is 2.23. The lowest BCUT2D eigenvalue weighted by atomic mass is 10.1. The molecule has 1 saturated heterocycles. The Morgan fingerprint density at radius 3 is 2.68 bits per heavy atom. The fourth-order valence-electron chi connectivity index (χ4n) is 2.89. The van der Waals surface area contributed by atoms with Gasteiger partial charge in [0.1, 0.15) is 0 Å². The van der Waals surface area contributed by atoms with Crippen molar-refractivity contribution in [2.45, 2.75) is 45.2 Å². The summed E-state index contributed by atoms with van der Waals surface area (Å²) >= 11 is 0. The summed E-state index contributed by atoms with van der Waals surface area (Å²) in [6, 6.07) is 7.64. The predicted molar refractivity (Wildman–Crippen MR) is 84.3 cm³/mol. The van der Waals surface area contributed by atoms with E-state index in [4.69, 9.17) is 5.11 Å². The lowest BCUT2D eigenvalue weighted by Gasteiger charge is -2.24. The Balaban J connectivity index is 1.98. The molecule has 1 heterocycles. The number of aliphatic hydroxyl groups excluding tert-OH is 1. The van der Waals surface area contributed by atoms with Crippen molar-refractivity contribution in [3.63, 3.8) is 0 Å². The number of aliphatic hydroxyl groups is 1. The van der Waals surface area contributed by atoms with Crippen molar-refractivity contribution in [3.8, 4) is 0 Å². The van der Waals surface area contributed by atoms with Crippen LogP contribution in [-0.4, -0.2) is 41.0 Å². The fourth-order valence-corrected chi connectivity index (χ4v) is 2.89. The Kier molecular flexibility index (Phi) is 5.95. The van der Waals surface area contributed by atoms with Crippen molar-refractivity contribution in [2.75, 3.05) is 13.2 Å². The van der Waals surface area contributed by atoms with Gasteiger partial charge in [0.05, 0.1) is 0 Å². The van der Waals surface area contributed by atoms with Gasteiger partial charge < -0.3 is 15.3 Å². The molecule has 1 aromatic carbocycles. The average Bonchev–Trinajstić information content (AvgIpc) is 2.99. The number of likely N-dealkylation sites (tertiary alicyclic amines) is 1. The molecule has 5 heteroatoms. The molecule has 2 rings (SSSR count). The van der Waals surface area contributed by atoms with Crippen molar-refractivity contribution in [3.05, 3.63) is 35.4 Å². The second kappa shape index (κ2) is 7.94. The van der Waals surface area contributed by atoms with E-state index in [-0.39, 0.29) is 24.5 Å². The quantitative estimate of drug-likeness (QED) is 0.840. The summed E-state index contributed by atoms with van der Waals surface area (Å²) in [6.07, 6.45) is 3.65. The number of nitrogens with zero attached hydrogens (tertiary/aromatic N) is 1. The third kappa shape index (κ3) is 4.31. The minimum atomic E-state index is -0.0658. The van der Waals surface area contributed by atoms with Gasteiger partial charge in [-0.1, -0.05) is 12.1 Å². The molecule has 0 aliphatic carbocycles. The van der Waals surface area contributed by atoms with E-state index in [0.717, 1.165) is 37.8 Å². The number of amides is 2.